The number of carbonyl (C=O) groups is 12. The van der Waals surface area contributed by atoms with Gasteiger partial charge in [-0.25, -0.2) is 67.5 Å². The molecule has 36 heteroatoms. The first-order chi connectivity index (χ1) is 64.9. The predicted molar refractivity (Wildman–Crippen MR) is 495 cm³/mol. The minimum atomic E-state index is -0.961. The van der Waals surface area contributed by atoms with Crippen molar-refractivity contribution in [3.63, 3.8) is 0 Å². The minimum Gasteiger partial charge on any atom is -0.494 e. The highest BCUT2D eigenvalue weighted by Gasteiger charge is 2.24. The van der Waals surface area contributed by atoms with E-state index in [4.69, 9.17) is 75.8 Å². The molecular formula is C98H90N6O28S2. The molecule has 8 aromatic carbocycles. The maximum absolute atomic E-state index is 13.4. The van der Waals surface area contributed by atoms with Crippen molar-refractivity contribution in [2.45, 2.75) is 62.9 Å². The lowest BCUT2D eigenvalue weighted by Crippen LogP contribution is -2.30. The monoisotopic (exact) mass is 1860 g/mol. The van der Waals surface area contributed by atoms with Crippen LogP contribution in [0.15, 0.2) is 293 Å². The van der Waals surface area contributed by atoms with Gasteiger partial charge in [-0.05, 0) is 196 Å². The standard InChI is InChI=1S/C52H51N3O14S.C46H39N3O14S/c1-5-46(56)64-33-41(66-48(58)7-3)15-11-13-29-62-38-23-19-35(20-24-38)50(60)68-40-27-28-44(37(31-40)32-53-55-52-54-43-17-9-10-18-45(43)70-52)69-51(61)36-21-25-39(26-22-36)63-30-14-12-16-42(67-49(59)8-4)34-65-47(57)6-2;1-5-40(50)58-27-35(60-42(52)7-3)25-56-32-17-13-29(14-18-32)44(54)62-34-21-22-38(31(23-34)24-47-49-46-48-37-11-9-10-12-39(37)64-46)63-45(55)30-15-19-33(20-16-30)57-26-36(61-43(53)8-4)28-59-41(51)6-2/h5-10,17-28,31-32,41-42H,1-4,11-16,29-30,33-34H2,(H,54,55);5-24,35-36H,1-4,25-28H2,(H,48,49)/b53-32+;47-24+. The van der Waals surface area contributed by atoms with Gasteiger partial charge in [0.05, 0.1) is 68.3 Å². The molecule has 134 heavy (non-hydrogen) atoms. The number of benzene rings is 8. The lowest BCUT2D eigenvalue weighted by Gasteiger charge is -2.17. The lowest BCUT2D eigenvalue weighted by molar-refractivity contribution is -0.154. The number of para-hydroxylation sites is 2. The van der Waals surface area contributed by atoms with Gasteiger partial charge in [0.2, 0.25) is 10.3 Å². The molecule has 34 nitrogen and oxygen atoms in total. The number of hydrogen-bond donors (Lipinski definition) is 2. The van der Waals surface area contributed by atoms with Gasteiger partial charge in [-0.15, -0.1) is 0 Å². The molecule has 0 saturated heterocycles. The number of carbonyl (C=O) groups excluding carboxylic acids is 12. The topological polar surface area (TPSA) is 427 Å². The molecule has 0 fully saturated rings. The number of unbranched alkanes of at least 4 members (excludes halogenated alkanes) is 2. The summed E-state index contributed by atoms with van der Waals surface area (Å²) in [5.74, 6) is -6.14. The number of hydrogen-bond acceptors (Lipinski definition) is 36. The van der Waals surface area contributed by atoms with E-state index in [1.807, 2.05) is 48.5 Å². The molecule has 0 spiro atoms. The summed E-state index contributed by atoms with van der Waals surface area (Å²) >= 11 is 2.78. The van der Waals surface area contributed by atoms with Gasteiger partial charge in [0.25, 0.3) is 0 Å². The summed E-state index contributed by atoms with van der Waals surface area (Å²) in [6, 6.07) is 48.5. The van der Waals surface area contributed by atoms with Crippen LogP contribution in [0.25, 0.3) is 20.4 Å². The van der Waals surface area contributed by atoms with Crippen LogP contribution in [-0.2, 0) is 76.3 Å². The molecule has 0 amide bonds. The molecular weight excluding hydrogens is 1770 g/mol. The number of ether oxygens (including phenoxy) is 16. The van der Waals surface area contributed by atoms with Gasteiger partial charge in [-0.1, -0.05) is 99.6 Å². The fraction of sp³-hybridized carbons (Fsp3) is 0.184. The van der Waals surface area contributed by atoms with Crippen LogP contribution in [0.1, 0.15) is 91.1 Å². The quantitative estimate of drug-likeness (QED) is 0.00680. The zero-order chi connectivity index (χ0) is 95.9. The Hall–Kier alpha value is -16.8. The first kappa shape index (κ1) is 101. The number of thiazole rings is 2. The van der Waals surface area contributed by atoms with Crippen molar-refractivity contribution in [2.75, 3.05) is 63.7 Å². The smallest absolute Gasteiger partial charge is 0.343 e. The van der Waals surface area contributed by atoms with Crippen molar-refractivity contribution in [3.05, 3.63) is 317 Å². The summed E-state index contributed by atoms with van der Waals surface area (Å²) in [4.78, 5) is 155. The Balaban J connectivity index is 0.000000302. The second-order valence-corrected chi connectivity index (χ2v) is 29.5. The molecule has 0 radical (unpaired) electrons. The van der Waals surface area contributed by atoms with E-state index in [1.54, 1.807) is 48.5 Å². The molecule has 10 rings (SSSR count). The Kier molecular flexibility index (Phi) is 40.6. The van der Waals surface area contributed by atoms with E-state index in [-0.39, 0.29) is 90.5 Å². The van der Waals surface area contributed by atoms with Crippen molar-refractivity contribution in [1.82, 2.24) is 9.97 Å². The molecule has 4 unspecified atom stereocenters. The van der Waals surface area contributed by atoms with Crippen molar-refractivity contribution >= 4 is 137 Å². The third kappa shape index (κ3) is 34.4. The number of esters is 12. The van der Waals surface area contributed by atoms with E-state index in [2.05, 4.69) is 83.7 Å². The predicted octanol–water partition coefficient (Wildman–Crippen LogP) is 15.5. The lowest BCUT2D eigenvalue weighted by atomic mass is 10.1. The molecule has 0 saturated carbocycles. The highest BCUT2D eigenvalue weighted by atomic mass is 32.1. The van der Waals surface area contributed by atoms with Crippen LogP contribution in [0.2, 0.25) is 0 Å². The normalized spacial score (nSPS) is 11.5. The van der Waals surface area contributed by atoms with Gasteiger partial charge < -0.3 is 75.8 Å². The van der Waals surface area contributed by atoms with Crippen molar-refractivity contribution < 1.29 is 133 Å². The van der Waals surface area contributed by atoms with Crippen LogP contribution >= 0.6 is 22.7 Å². The molecule has 0 aliphatic rings. The van der Waals surface area contributed by atoms with Crippen LogP contribution in [0.4, 0.5) is 10.3 Å². The fourth-order valence-electron chi connectivity index (χ4n) is 11.2. The van der Waals surface area contributed by atoms with Gasteiger partial charge >= 0.3 is 71.6 Å². The maximum atomic E-state index is 13.4. The van der Waals surface area contributed by atoms with Crippen LogP contribution in [0, 0.1) is 0 Å². The molecule has 4 atom stereocenters. The van der Waals surface area contributed by atoms with Gasteiger partial charge in [-0.3, -0.25) is 10.9 Å². The SMILES string of the molecule is C=CC(=O)OCC(CCCCOc1ccc(C(=O)Oc2ccc(OC(=O)c3ccc(OCCCCC(COC(=O)C=C)OC(=O)C=C)cc3)c(/C=N/Nc3nc4ccccc4s3)c2)cc1)OC(=O)C=C.C=CC(=O)OCC(COc1ccc(C(=O)Oc2ccc(OC(=O)c3ccc(OCC(COC(=O)C=C)OC(=O)C=C)cc3)c(/C=N/Nc3nc4ccccc4s3)c2)cc1)OC(=O)C=C. The highest BCUT2D eigenvalue weighted by molar-refractivity contribution is 7.22. The summed E-state index contributed by atoms with van der Waals surface area (Å²) in [6.07, 6.45) is 10.8. The zero-order valence-corrected chi connectivity index (χ0v) is 73.6. The molecule has 10 aromatic rings. The van der Waals surface area contributed by atoms with E-state index in [0.29, 0.717) is 90.6 Å². The average molecular weight is 1860 g/mol. The molecule has 0 bridgehead atoms. The maximum Gasteiger partial charge on any atom is 0.343 e. The van der Waals surface area contributed by atoms with Crippen LogP contribution in [0.5, 0.6) is 46.0 Å². The number of rotatable bonds is 52. The minimum absolute atomic E-state index is 0.0683. The van der Waals surface area contributed by atoms with Gasteiger partial charge in [0.15, 0.2) is 12.2 Å². The Morgan fingerprint density at radius 2 is 0.597 bits per heavy atom. The van der Waals surface area contributed by atoms with Crippen molar-refractivity contribution in [3.8, 4) is 46.0 Å². The molecule has 2 N–H and O–H groups in total. The summed E-state index contributed by atoms with van der Waals surface area (Å²) in [5.41, 5.74) is 8.68. The number of nitrogens with zero attached hydrogens (tertiary/aromatic N) is 4. The zero-order valence-electron chi connectivity index (χ0n) is 72.0. The van der Waals surface area contributed by atoms with E-state index in [0.717, 1.165) is 69.0 Å². The third-order valence-corrected chi connectivity index (χ3v) is 19.7. The number of nitrogens with one attached hydrogen (secondary N) is 2. The number of anilines is 2. The van der Waals surface area contributed by atoms with E-state index in [1.165, 1.54) is 120 Å². The summed E-state index contributed by atoms with van der Waals surface area (Å²) < 4.78 is 88.7. The summed E-state index contributed by atoms with van der Waals surface area (Å²) in [7, 11) is 0. The first-order valence-electron chi connectivity index (χ1n) is 40.8. The number of aromatic nitrogens is 2. The summed E-state index contributed by atoms with van der Waals surface area (Å²) in [5, 5.41) is 9.65. The van der Waals surface area contributed by atoms with Gasteiger partial charge in [0, 0.05) is 59.7 Å². The van der Waals surface area contributed by atoms with Gasteiger partial charge in [-0.2, -0.15) is 10.2 Å². The second-order valence-electron chi connectivity index (χ2n) is 27.5. The second kappa shape index (κ2) is 53.9. The highest BCUT2D eigenvalue weighted by Crippen LogP contribution is 2.32. The largest absolute Gasteiger partial charge is 0.494 e. The van der Waals surface area contributed by atoms with E-state index >= 15 is 0 Å². The first-order valence-corrected chi connectivity index (χ1v) is 42.4. The van der Waals surface area contributed by atoms with E-state index < -0.39 is 96.0 Å². The Morgan fingerprint density at radius 1 is 0.313 bits per heavy atom. The van der Waals surface area contributed by atoms with Crippen LogP contribution < -0.4 is 48.7 Å². The number of fused-ring (bicyclic) bond motifs is 2. The third-order valence-electron chi connectivity index (χ3n) is 17.8. The molecule has 692 valence electrons. The van der Waals surface area contributed by atoms with Crippen molar-refractivity contribution in [2.24, 2.45) is 10.2 Å². The molecule has 2 aromatic heterocycles. The van der Waals surface area contributed by atoms with Crippen LogP contribution in [-0.4, -0.2) is 171 Å². The Labute approximate surface area is 776 Å². The molecule has 2 heterocycles. The van der Waals surface area contributed by atoms with Crippen LogP contribution in [0.3, 0.4) is 0 Å². The average Bonchev–Trinajstić information content (AvgIpc) is 1.76. The molecule has 0 aliphatic heterocycles. The molecule has 0 aliphatic carbocycles. The van der Waals surface area contributed by atoms with Gasteiger partial charge in [0.1, 0.15) is 97.8 Å². The Morgan fingerprint density at radius 3 is 0.910 bits per heavy atom. The Bertz CT molecular complexity index is 5860. The summed E-state index contributed by atoms with van der Waals surface area (Å²) in [6.45, 7) is 26.3. The fourth-order valence-corrected chi connectivity index (χ4v) is 12.8. The number of hydrazone groups is 2. The van der Waals surface area contributed by atoms with Crippen molar-refractivity contribution in [1.29, 1.82) is 0 Å². The van der Waals surface area contributed by atoms with E-state index in [9.17, 15) is 57.5 Å².